The van der Waals surface area contributed by atoms with Gasteiger partial charge in [0.1, 0.15) is 0 Å². The van der Waals surface area contributed by atoms with Crippen molar-refractivity contribution in [1.82, 2.24) is 5.32 Å². The number of amides is 1. The van der Waals surface area contributed by atoms with Gasteiger partial charge in [0.05, 0.1) is 0 Å². The topological polar surface area (TPSA) is 136 Å². The molecule has 0 aliphatic carbocycles. The van der Waals surface area contributed by atoms with Crippen LogP contribution < -0.4 is 18.4 Å². The van der Waals surface area contributed by atoms with Crippen molar-refractivity contribution < 1.29 is 47.6 Å². The number of alkyl carbamates (subject to hydrolysis) is 1. The maximum absolute atomic E-state index is 12.9. The third-order valence-corrected chi connectivity index (χ3v) is 10.8. The molecule has 1 N–H and O–H groups in total. The van der Waals surface area contributed by atoms with Crippen molar-refractivity contribution >= 4 is 46.3 Å². The number of esters is 1. The van der Waals surface area contributed by atoms with Crippen LogP contribution in [0.15, 0.2) is 12.1 Å². The van der Waals surface area contributed by atoms with Gasteiger partial charge >= 0.3 is 248 Å². The summed E-state index contributed by atoms with van der Waals surface area (Å²) in [6.07, 6.45) is -2.78. The van der Waals surface area contributed by atoms with E-state index >= 15 is 0 Å². The standard InChI is InChI=1S/C26H38NO10.3CH3.Sn/c1-11-32-20(28)17(27-21(29)35-24(2,3)4)14-16-12-13-18(33-22(30)36-25(5,6)7)19(15-16)34-23(31)37-26(8,9)10;;;;/h13,15,17H,11,14H2,1-10H3,(H,27,29);3*1H3;/t17-;;;;/m0..../s1. The van der Waals surface area contributed by atoms with Crippen molar-refractivity contribution in [2.45, 2.75) is 113 Å². The van der Waals surface area contributed by atoms with Gasteiger partial charge in [-0.1, -0.05) is 0 Å². The van der Waals surface area contributed by atoms with Gasteiger partial charge in [-0.05, 0) is 0 Å². The number of benzene rings is 1. The predicted octanol–water partition coefficient (Wildman–Crippen LogP) is 5.86. The van der Waals surface area contributed by atoms with Crippen molar-refractivity contribution in [2.24, 2.45) is 0 Å². The van der Waals surface area contributed by atoms with Crippen molar-refractivity contribution in [3.63, 3.8) is 0 Å². The van der Waals surface area contributed by atoms with E-state index in [1.807, 2.05) is 0 Å². The summed E-state index contributed by atoms with van der Waals surface area (Å²) in [6.45, 7) is 17.0. The fourth-order valence-electron chi connectivity index (χ4n) is 3.46. The normalized spacial score (nSPS) is 13.0. The molecule has 1 aromatic rings. The number of hydrogen-bond acceptors (Lipinski definition) is 10. The van der Waals surface area contributed by atoms with Crippen molar-refractivity contribution in [3.8, 4) is 11.5 Å². The van der Waals surface area contributed by atoms with Gasteiger partial charge in [-0.2, -0.15) is 0 Å². The molecule has 1 amide bonds. The number of ether oxygens (including phenoxy) is 6. The van der Waals surface area contributed by atoms with Crippen LogP contribution in [0.2, 0.25) is 14.8 Å². The molecule has 41 heavy (non-hydrogen) atoms. The Morgan fingerprint density at radius 3 is 1.59 bits per heavy atom. The molecular formula is C29H47NO10Sn. The Hall–Kier alpha value is -2.70. The molecule has 0 fully saturated rings. The first-order valence-corrected chi connectivity index (χ1v) is 23.5. The van der Waals surface area contributed by atoms with Crippen LogP contribution in [-0.4, -0.2) is 72.2 Å². The summed E-state index contributed by atoms with van der Waals surface area (Å²) in [5, 5.41) is 2.60. The molecule has 0 saturated heterocycles. The van der Waals surface area contributed by atoms with Gasteiger partial charge in [0.25, 0.3) is 0 Å². The number of hydrogen-bond donors (Lipinski definition) is 1. The number of carbonyl (C=O) groups excluding carboxylic acids is 4. The molecule has 1 rings (SSSR count). The van der Waals surface area contributed by atoms with Crippen molar-refractivity contribution in [1.29, 1.82) is 0 Å². The molecule has 232 valence electrons. The minimum absolute atomic E-state index is 0.000997. The van der Waals surface area contributed by atoms with Gasteiger partial charge in [-0.25, -0.2) is 0 Å². The molecule has 0 radical (unpaired) electrons. The van der Waals surface area contributed by atoms with Crippen LogP contribution in [0.1, 0.15) is 74.8 Å². The summed E-state index contributed by atoms with van der Waals surface area (Å²) in [5.41, 5.74) is -1.85. The second-order valence-electron chi connectivity index (χ2n) is 13.5. The summed E-state index contributed by atoms with van der Waals surface area (Å²) >= 11 is -3.06. The molecule has 12 heteroatoms. The molecule has 0 aromatic heterocycles. The fraction of sp³-hybridized carbons (Fsp3) is 0.655. The first-order valence-electron chi connectivity index (χ1n) is 13.6. The molecule has 0 heterocycles. The zero-order valence-electron chi connectivity index (χ0n) is 26.7. The Morgan fingerprint density at radius 1 is 0.756 bits per heavy atom. The van der Waals surface area contributed by atoms with Crippen molar-refractivity contribution in [2.75, 3.05) is 6.61 Å². The minimum atomic E-state index is -3.06. The summed E-state index contributed by atoms with van der Waals surface area (Å²) in [6, 6.07) is 2.04. The Morgan fingerprint density at radius 2 is 1.20 bits per heavy atom. The first-order chi connectivity index (χ1) is 18.4. The Balaban J connectivity index is 3.68. The van der Waals surface area contributed by atoms with E-state index in [9.17, 15) is 19.2 Å². The average Bonchev–Trinajstić information content (AvgIpc) is 2.70. The SMILES string of the molecule is CCOC(=O)[C@H](Cc1cc(OC(=O)OC(C)(C)C)c(OC(=O)OC(C)(C)C)c[c]1[Sn]([CH3])([CH3])[CH3])NC(=O)OC(C)(C)C. The van der Waals surface area contributed by atoms with Gasteiger partial charge in [0.15, 0.2) is 0 Å². The summed E-state index contributed by atoms with van der Waals surface area (Å²) in [5.74, 6) is -0.806. The summed E-state index contributed by atoms with van der Waals surface area (Å²) < 4.78 is 33.1. The van der Waals surface area contributed by atoms with Crippen LogP contribution in [0.25, 0.3) is 0 Å². The van der Waals surface area contributed by atoms with Crippen LogP contribution in [0.4, 0.5) is 14.4 Å². The Bertz CT molecular complexity index is 1100. The van der Waals surface area contributed by atoms with Gasteiger partial charge in [0, 0.05) is 0 Å². The zero-order valence-corrected chi connectivity index (χ0v) is 29.6. The van der Waals surface area contributed by atoms with Crippen LogP contribution >= 0.6 is 0 Å². The average molecular weight is 688 g/mol. The van der Waals surface area contributed by atoms with Crippen LogP contribution in [0.3, 0.4) is 0 Å². The van der Waals surface area contributed by atoms with Gasteiger partial charge in [0.2, 0.25) is 0 Å². The van der Waals surface area contributed by atoms with E-state index in [1.54, 1.807) is 75.3 Å². The molecule has 1 aromatic carbocycles. The van der Waals surface area contributed by atoms with Gasteiger partial charge in [-0.3, -0.25) is 0 Å². The van der Waals surface area contributed by atoms with E-state index in [0.29, 0.717) is 5.56 Å². The number of rotatable bonds is 8. The summed E-state index contributed by atoms with van der Waals surface area (Å²) in [4.78, 5) is 57.1. The molecule has 11 nitrogen and oxygen atoms in total. The Labute approximate surface area is 247 Å². The third-order valence-electron chi connectivity index (χ3n) is 4.83. The fourth-order valence-corrected chi connectivity index (χ4v) is 8.31. The van der Waals surface area contributed by atoms with E-state index in [-0.39, 0.29) is 24.5 Å². The second-order valence-corrected chi connectivity index (χ2v) is 27.9. The molecule has 0 bridgehead atoms. The molecule has 0 aliphatic heterocycles. The van der Waals surface area contributed by atoms with Crippen LogP contribution in [-0.2, 0) is 30.2 Å². The van der Waals surface area contributed by atoms with E-state index in [4.69, 9.17) is 28.4 Å². The van der Waals surface area contributed by atoms with E-state index < -0.39 is 65.6 Å². The van der Waals surface area contributed by atoms with E-state index in [2.05, 4.69) is 20.1 Å². The molecule has 0 saturated carbocycles. The molecule has 0 spiro atoms. The molecule has 0 unspecified atom stereocenters. The van der Waals surface area contributed by atoms with E-state index in [1.165, 1.54) is 6.07 Å². The molecule has 1 atom stereocenters. The summed E-state index contributed by atoms with van der Waals surface area (Å²) in [7, 11) is 0. The zero-order chi connectivity index (χ0) is 32.0. The predicted molar refractivity (Wildman–Crippen MR) is 157 cm³/mol. The van der Waals surface area contributed by atoms with Gasteiger partial charge in [-0.15, -0.1) is 0 Å². The second kappa shape index (κ2) is 14.0. The third kappa shape index (κ3) is 14.2. The number of nitrogens with one attached hydrogen (secondary N) is 1. The van der Waals surface area contributed by atoms with Crippen LogP contribution in [0.5, 0.6) is 11.5 Å². The van der Waals surface area contributed by atoms with Crippen LogP contribution in [0, 0.1) is 0 Å². The maximum atomic E-state index is 12.9. The van der Waals surface area contributed by atoms with E-state index in [0.717, 1.165) is 3.58 Å². The molecule has 0 aliphatic rings. The molecular weight excluding hydrogens is 641 g/mol. The number of carbonyl (C=O) groups is 4. The monoisotopic (exact) mass is 689 g/mol. The van der Waals surface area contributed by atoms with Crippen molar-refractivity contribution in [3.05, 3.63) is 17.7 Å². The first kappa shape index (κ1) is 36.3. The quantitative estimate of drug-likeness (QED) is 0.153. The van der Waals surface area contributed by atoms with Gasteiger partial charge < -0.3 is 0 Å². The Kier molecular flexibility index (Phi) is 12.4.